The van der Waals surface area contributed by atoms with Crippen LogP contribution in [0.4, 0.5) is 0 Å². The average molecular weight is 557 g/mol. The van der Waals surface area contributed by atoms with Gasteiger partial charge in [0.05, 0.1) is 6.10 Å². The molecule has 9 heteroatoms. The van der Waals surface area contributed by atoms with E-state index in [0.29, 0.717) is 51.2 Å². The number of ether oxygens (including phenoxy) is 1. The molecule has 0 unspecified atom stereocenters. The summed E-state index contributed by atoms with van der Waals surface area (Å²) in [5.74, 6) is -0.242. The summed E-state index contributed by atoms with van der Waals surface area (Å²) < 4.78 is 5.02. The van der Waals surface area contributed by atoms with Crippen molar-refractivity contribution in [3.63, 3.8) is 0 Å². The molecule has 2 atom stereocenters. The number of piperidine rings is 1. The molecule has 3 aliphatic rings. The van der Waals surface area contributed by atoms with Crippen LogP contribution >= 0.6 is 0 Å². The average Bonchev–Trinajstić information content (AvgIpc) is 2.98. The van der Waals surface area contributed by atoms with E-state index in [4.69, 9.17) is 4.74 Å². The number of hydrogen-bond acceptors (Lipinski definition) is 6. The fourth-order valence-electron chi connectivity index (χ4n) is 6.58. The predicted molar refractivity (Wildman–Crippen MR) is 154 cm³/mol. The van der Waals surface area contributed by atoms with Crippen LogP contribution in [0.2, 0.25) is 0 Å². The molecule has 4 rings (SSSR count). The molecule has 1 aromatic rings. The highest BCUT2D eigenvalue weighted by Crippen LogP contribution is 2.36. The third-order valence-corrected chi connectivity index (χ3v) is 9.08. The number of piperazine rings is 1. The van der Waals surface area contributed by atoms with Crippen molar-refractivity contribution >= 4 is 17.7 Å². The number of nitrogens with one attached hydrogen (secondary N) is 2. The molecule has 1 saturated carbocycles. The fourth-order valence-corrected chi connectivity index (χ4v) is 6.58. The van der Waals surface area contributed by atoms with Crippen molar-refractivity contribution in [3.05, 3.63) is 35.4 Å². The van der Waals surface area contributed by atoms with Gasteiger partial charge in [-0.1, -0.05) is 44.7 Å². The maximum Gasteiger partial charge on any atom is 0.251 e. The van der Waals surface area contributed by atoms with Gasteiger partial charge in [-0.2, -0.15) is 0 Å². The fraction of sp³-hybridized carbons (Fsp3) is 0.710. The lowest BCUT2D eigenvalue weighted by atomic mass is 9.78. The van der Waals surface area contributed by atoms with Crippen LogP contribution in [0.25, 0.3) is 0 Å². The van der Waals surface area contributed by atoms with Gasteiger partial charge >= 0.3 is 0 Å². The number of unbranched alkanes of at least 4 members (excludes halogenated alkanes) is 1. The number of likely N-dealkylation sites (tertiary alicyclic amines) is 1. The zero-order chi connectivity index (χ0) is 28.5. The molecule has 3 N–H and O–H groups in total. The molecular weight excluding hydrogens is 508 g/mol. The molecule has 1 aromatic carbocycles. The monoisotopic (exact) mass is 556 g/mol. The van der Waals surface area contributed by atoms with Gasteiger partial charge < -0.3 is 25.4 Å². The van der Waals surface area contributed by atoms with Gasteiger partial charge in [-0.25, -0.2) is 0 Å². The summed E-state index contributed by atoms with van der Waals surface area (Å²) in [7, 11) is 1.65. The summed E-state index contributed by atoms with van der Waals surface area (Å²) in [5, 5.41) is 17.0. The van der Waals surface area contributed by atoms with Crippen LogP contribution in [0.5, 0.6) is 0 Å². The Balaban J connectivity index is 1.36. The molecule has 3 fully saturated rings. The minimum absolute atomic E-state index is 0.0695. The van der Waals surface area contributed by atoms with Gasteiger partial charge in [0.15, 0.2) is 0 Å². The number of hydrogen-bond donors (Lipinski definition) is 3. The van der Waals surface area contributed by atoms with E-state index >= 15 is 0 Å². The molecule has 222 valence electrons. The molecule has 2 saturated heterocycles. The smallest absolute Gasteiger partial charge is 0.251 e. The Bertz CT molecular complexity index is 986. The minimum atomic E-state index is -0.851. The number of amides is 3. The summed E-state index contributed by atoms with van der Waals surface area (Å²) in [4.78, 5) is 44.0. The lowest BCUT2D eigenvalue weighted by Gasteiger charge is -2.52. The van der Waals surface area contributed by atoms with Gasteiger partial charge in [0.1, 0.15) is 11.6 Å². The van der Waals surface area contributed by atoms with E-state index in [1.807, 2.05) is 29.2 Å². The number of rotatable bonds is 12. The second-order valence-corrected chi connectivity index (χ2v) is 11.8. The molecule has 3 amide bonds. The molecule has 2 heterocycles. The highest BCUT2D eigenvalue weighted by Gasteiger charge is 2.55. The van der Waals surface area contributed by atoms with Crippen molar-refractivity contribution in [1.29, 1.82) is 0 Å². The van der Waals surface area contributed by atoms with Gasteiger partial charge in [-0.15, -0.1) is 0 Å². The van der Waals surface area contributed by atoms with Crippen molar-refractivity contribution in [2.24, 2.45) is 5.92 Å². The lowest BCUT2D eigenvalue weighted by Crippen LogP contribution is -2.75. The van der Waals surface area contributed by atoms with Crippen LogP contribution in [0.3, 0.4) is 0 Å². The summed E-state index contributed by atoms with van der Waals surface area (Å²) >= 11 is 0. The molecule has 0 bridgehead atoms. The third-order valence-electron chi connectivity index (χ3n) is 9.08. The molecule has 0 aromatic heterocycles. The summed E-state index contributed by atoms with van der Waals surface area (Å²) in [5.41, 5.74) is 0.887. The van der Waals surface area contributed by atoms with Gasteiger partial charge in [0, 0.05) is 52.0 Å². The standard InChI is InChI=1S/C31H48N4O5/c1-3-4-18-35-29(38)26(27(36)24-9-6-5-7-10-24)33-30(39)31(35)15-19-34(20-16-31)22-23-11-13-25(14-12-23)28(37)32-17-8-21-40-2/h11-14,24,26-27,36H,3-10,15-22H2,1-2H3,(H,32,37)(H,33,39)/t26-,27-/m1/s1. The topological polar surface area (TPSA) is 111 Å². The quantitative estimate of drug-likeness (QED) is 0.342. The van der Waals surface area contributed by atoms with Crippen LogP contribution in [-0.4, -0.2) is 90.2 Å². The van der Waals surface area contributed by atoms with E-state index in [9.17, 15) is 19.5 Å². The van der Waals surface area contributed by atoms with Gasteiger partial charge in [0.25, 0.3) is 5.91 Å². The molecule has 40 heavy (non-hydrogen) atoms. The Morgan fingerprint density at radius 1 is 1.12 bits per heavy atom. The Kier molecular flexibility index (Phi) is 11.0. The molecule has 2 aliphatic heterocycles. The van der Waals surface area contributed by atoms with Crippen LogP contribution in [0.15, 0.2) is 24.3 Å². The van der Waals surface area contributed by atoms with Crippen molar-refractivity contribution in [2.75, 3.05) is 39.9 Å². The Hall–Kier alpha value is -2.49. The van der Waals surface area contributed by atoms with Gasteiger partial charge in [-0.3, -0.25) is 19.3 Å². The van der Waals surface area contributed by atoms with E-state index < -0.39 is 17.7 Å². The normalized spacial score (nSPS) is 22.8. The number of nitrogens with zero attached hydrogens (tertiary/aromatic N) is 2. The van der Waals surface area contributed by atoms with Crippen LogP contribution in [-0.2, 0) is 20.9 Å². The third kappa shape index (κ3) is 7.04. The van der Waals surface area contributed by atoms with Crippen molar-refractivity contribution in [3.8, 4) is 0 Å². The number of carbonyl (C=O) groups excluding carboxylic acids is 3. The number of aliphatic hydroxyl groups is 1. The number of carbonyl (C=O) groups is 3. The van der Waals surface area contributed by atoms with Crippen molar-refractivity contribution < 1.29 is 24.2 Å². The summed E-state index contributed by atoms with van der Waals surface area (Å²) in [6, 6.07) is 6.83. The number of benzene rings is 1. The first-order valence-corrected chi connectivity index (χ1v) is 15.3. The Morgan fingerprint density at radius 2 is 1.82 bits per heavy atom. The number of methoxy groups -OCH3 is 1. The first-order valence-electron chi connectivity index (χ1n) is 15.3. The minimum Gasteiger partial charge on any atom is -0.390 e. The summed E-state index contributed by atoms with van der Waals surface area (Å²) in [6.45, 7) is 5.95. The zero-order valence-electron chi connectivity index (χ0n) is 24.3. The molecule has 1 aliphatic carbocycles. The highest BCUT2D eigenvalue weighted by atomic mass is 16.5. The molecule has 9 nitrogen and oxygen atoms in total. The number of aliphatic hydroxyl groups excluding tert-OH is 1. The molecule has 0 radical (unpaired) electrons. The SMILES string of the molecule is CCCCN1C(=O)[C@@H]([C@H](O)C2CCCCC2)NC(=O)C12CCN(Cc1ccc(C(=O)NCCCOC)cc1)CC2. The van der Waals surface area contributed by atoms with Gasteiger partial charge in [0.2, 0.25) is 11.8 Å². The summed E-state index contributed by atoms with van der Waals surface area (Å²) in [6.07, 6.45) is 8.00. The lowest BCUT2D eigenvalue weighted by molar-refractivity contribution is -0.166. The van der Waals surface area contributed by atoms with Crippen LogP contribution < -0.4 is 10.6 Å². The van der Waals surface area contributed by atoms with E-state index in [-0.39, 0.29) is 23.6 Å². The van der Waals surface area contributed by atoms with E-state index in [0.717, 1.165) is 57.1 Å². The van der Waals surface area contributed by atoms with E-state index in [1.54, 1.807) is 7.11 Å². The van der Waals surface area contributed by atoms with Crippen molar-refractivity contribution in [2.45, 2.75) is 95.4 Å². The maximum atomic E-state index is 13.8. The Labute approximate surface area is 239 Å². The first kappa shape index (κ1) is 30.5. The second kappa shape index (κ2) is 14.4. The zero-order valence-corrected chi connectivity index (χ0v) is 24.3. The second-order valence-electron chi connectivity index (χ2n) is 11.8. The van der Waals surface area contributed by atoms with Crippen LogP contribution in [0.1, 0.15) is 87.1 Å². The first-order chi connectivity index (χ1) is 19.4. The van der Waals surface area contributed by atoms with Crippen molar-refractivity contribution in [1.82, 2.24) is 20.4 Å². The van der Waals surface area contributed by atoms with Gasteiger partial charge in [-0.05, 0) is 62.1 Å². The van der Waals surface area contributed by atoms with E-state index in [2.05, 4.69) is 22.5 Å². The van der Waals surface area contributed by atoms with Crippen LogP contribution in [0, 0.1) is 5.92 Å². The molecule has 1 spiro atoms. The maximum absolute atomic E-state index is 13.8. The predicted octanol–water partition coefficient (Wildman–Crippen LogP) is 2.86. The molecular formula is C31H48N4O5. The largest absolute Gasteiger partial charge is 0.390 e. The van der Waals surface area contributed by atoms with E-state index in [1.165, 1.54) is 6.42 Å². The highest BCUT2D eigenvalue weighted by molar-refractivity contribution is 6.00. The Morgan fingerprint density at radius 3 is 2.48 bits per heavy atom.